The van der Waals surface area contributed by atoms with Crippen molar-refractivity contribution in [3.05, 3.63) is 70.5 Å². The van der Waals surface area contributed by atoms with Crippen molar-refractivity contribution >= 4 is 0 Å². The van der Waals surface area contributed by atoms with Gasteiger partial charge in [-0.25, -0.2) is 13.2 Å². The standard InChI is InChI=1S/C16H16F3N/c1-10-5-3-7-12(15(10)18)14(20-2)9-11-6-4-8-13(17)16(11)19/h3-8,14,20H,9H2,1-2H3. The van der Waals surface area contributed by atoms with E-state index in [1.807, 2.05) is 0 Å². The molecule has 1 N–H and O–H groups in total. The van der Waals surface area contributed by atoms with Crippen LogP contribution in [0.5, 0.6) is 0 Å². The van der Waals surface area contributed by atoms with E-state index in [-0.39, 0.29) is 17.8 Å². The highest BCUT2D eigenvalue weighted by atomic mass is 19.2. The lowest BCUT2D eigenvalue weighted by atomic mass is 9.96. The zero-order valence-corrected chi connectivity index (χ0v) is 11.4. The number of hydrogen-bond acceptors (Lipinski definition) is 1. The van der Waals surface area contributed by atoms with E-state index in [0.717, 1.165) is 6.07 Å². The molecule has 0 aromatic heterocycles. The molecule has 1 atom stereocenters. The second kappa shape index (κ2) is 6.09. The first kappa shape index (κ1) is 14.6. The van der Waals surface area contributed by atoms with Crippen molar-refractivity contribution in [2.75, 3.05) is 7.05 Å². The van der Waals surface area contributed by atoms with Crippen LogP contribution in [0.15, 0.2) is 36.4 Å². The molecule has 0 fully saturated rings. The molecule has 2 aromatic carbocycles. The smallest absolute Gasteiger partial charge is 0.162 e. The summed E-state index contributed by atoms with van der Waals surface area (Å²) in [5.41, 5.74) is 1.21. The first-order valence-corrected chi connectivity index (χ1v) is 6.39. The van der Waals surface area contributed by atoms with Gasteiger partial charge in [-0.3, -0.25) is 0 Å². The van der Waals surface area contributed by atoms with E-state index >= 15 is 0 Å². The van der Waals surface area contributed by atoms with Crippen LogP contribution in [0, 0.1) is 24.4 Å². The number of benzene rings is 2. The lowest BCUT2D eigenvalue weighted by molar-refractivity contribution is 0.480. The third-order valence-corrected chi connectivity index (χ3v) is 3.40. The minimum absolute atomic E-state index is 0.181. The van der Waals surface area contributed by atoms with Crippen LogP contribution in [-0.2, 0) is 6.42 Å². The maximum atomic E-state index is 14.1. The molecule has 2 rings (SSSR count). The summed E-state index contributed by atoms with van der Waals surface area (Å²) in [7, 11) is 1.67. The van der Waals surface area contributed by atoms with Gasteiger partial charge in [-0.15, -0.1) is 0 Å². The van der Waals surface area contributed by atoms with Crippen LogP contribution in [0.1, 0.15) is 22.7 Å². The quantitative estimate of drug-likeness (QED) is 0.894. The second-order valence-electron chi connectivity index (χ2n) is 4.74. The molecule has 0 saturated carbocycles. The first-order chi connectivity index (χ1) is 9.54. The van der Waals surface area contributed by atoms with E-state index < -0.39 is 17.7 Å². The van der Waals surface area contributed by atoms with Crippen LogP contribution in [0.25, 0.3) is 0 Å². The maximum absolute atomic E-state index is 14.1. The minimum Gasteiger partial charge on any atom is -0.313 e. The molecule has 0 amide bonds. The zero-order chi connectivity index (χ0) is 14.7. The van der Waals surface area contributed by atoms with Crippen molar-refractivity contribution in [2.24, 2.45) is 0 Å². The molecular formula is C16H16F3N. The van der Waals surface area contributed by atoms with Crippen molar-refractivity contribution in [3.63, 3.8) is 0 Å². The molecule has 0 heterocycles. The highest BCUT2D eigenvalue weighted by Crippen LogP contribution is 2.24. The third kappa shape index (κ3) is 2.85. The summed E-state index contributed by atoms with van der Waals surface area (Å²) in [6.07, 6.45) is 0.181. The van der Waals surface area contributed by atoms with E-state index in [9.17, 15) is 13.2 Å². The Morgan fingerprint density at radius 2 is 1.70 bits per heavy atom. The summed E-state index contributed by atoms with van der Waals surface area (Å²) in [4.78, 5) is 0. The fourth-order valence-corrected chi connectivity index (χ4v) is 2.23. The normalized spacial score (nSPS) is 12.4. The lowest BCUT2D eigenvalue weighted by Crippen LogP contribution is -2.21. The fraction of sp³-hybridized carbons (Fsp3) is 0.250. The van der Waals surface area contributed by atoms with Crippen LogP contribution < -0.4 is 5.32 Å². The van der Waals surface area contributed by atoms with Crippen LogP contribution >= 0.6 is 0 Å². The average molecular weight is 279 g/mol. The molecule has 20 heavy (non-hydrogen) atoms. The summed E-state index contributed by atoms with van der Waals surface area (Å²) in [6.45, 7) is 1.67. The van der Waals surface area contributed by atoms with Crippen LogP contribution in [0.3, 0.4) is 0 Å². The maximum Gasteiger partial charge on any atom is 0.162 e. The number of aryl methyl sites for hydroxylation is 1. The number of halogens is 3. The predicted octanol–water partition coefficient (Wildman–Crippen LogP) is 3.92. The van der Waals surface area contributed by atoms with Crippen molar-refractivity contribution in [2.45, 2.75) is 19.4 Å². The van der Waals surface area contributed by atoms with Crippen molar-refractivity contribution in [1.82, 2.24) is 5.32 Å². The third-order valence-electron chi connectivity index (χ3n) is 3.40. The summed E-state index contributed by atoms with van der Waals surface area (Å²) >= 11 is 0. The molecule has 106 valence electrons. The Bertz CT molecular complexity index is 611. The Kier molecular flexibility index (Phi) is 4.45. The van der Waals surface area contributed by atoms with Crippen LogP contribution in [0.4, 0.5) is 13.2 Å². The number of likely N-dealkylation sites (N-methyl/N-ethyl adjacent to an activating group) is 1. The SMILES string of the molecule is CNC(Cc1cccc(F)c1F)c1cccc(C)c1F. The Balaban J connectivity index is 2.34. The Hall–Kier alpha value is -1.81. The van der Waals surface area contributed by atoms with E-state index in [2.05, 4.69) is 5.32 Å². The van der Waals surface area contributed by atoms with Gasteiger partial charge in [0.05, 0.1) is 0 Å². The minimum atomic E-state index is -0.887. The van der Waals surface area contributed by atoms with E-state index in [0.29, 0.717) is 11.1 Å². The number of nitrogens with one attached hydrogen (secondary N) is 1. The van der Waals surface area contributed by atoms with Crippen molar-refractivity contribution < 1.29 is 13.2 Å². The summed E-state index contributed by atoms with van der Waals surface area (Å²) in [6, 6.07) is 8.70. The summed E-state index contributed by atoms with van der Waals surface area (Å²) in [5.74, 6) is -2.08. The molecule has 4 heteroatoms. The molecule has 0 spiro atoms. The van der Waals surface area contributed by atoms with Gasteiger partial charge < -0.3 is 5.32 Å². The molecular weight excluding hydrogens is 263 g/mol. The first-order valence-electron chi connectivity index (χ1n) is 6.39. The zero-order valence-electron chi connectivity index (χ0n) is 11.4. The molecule has 0 radical (unpaired) electrons. The fourth-order valence-electron chi connectivity index (χ4n) is 2.23. The highest BCUT2D eigenvalue weighted by Gasteiger charge is 2.18. The van der Waals surface area contributed by atoms with E-state index in [4.69, 9.17) is 0 Å². The predicted molar refractivity (Wildman–Crippen MR) is 73.0 cm³/mol. The van der Waals surface area contributed by atoms with E-state index in [1.54, 1.807) is 32.2 Å². The van der Waals surface area contributed by atoms with Gasteiger partial charge in [0.25, 0.3) is 0 Å². The number of rotatable bonds is 4. The molecule has 0 aliphatic heterocycles. The van der Waals surface area contributed by atoms with Gasteiger partial charge in [-0.2, -0.15) is 0 Å². The Morgan fingerprint density at radius 3 is 2.40 bits per heavy atom. The topological polar surface area (TPSA) is 12.0 Å². The Morgan fingerprint density at radius 1 is 1.00 bits per heavy atom. The largest absolute Gasteiger partial charge is 0.313 e. The summed E-state index contributed by atoms with van der Waals surface area (Å²) in [5, 5.41) is 2.95. The highest BCUT2D eigenvalue weighted by molar-refractivity contribution is 5.30. The van der Waals surface area contributed by atoms with Gasteiger partial charge in [-0.1, -0.05) is 30.3 Å². The second-order valence-corrected chi connectivity index (χ2v) is 4.74. The molecule has 1 nitrogen and oxygen atoms in total. The monoisotopic (exact) mass is 279 g/mol. The van der Waals surface area contributed by atoms with Gasteiger partial charge >= 0.3 is 0 Å². The Labute approximate surface area is 116 Å². The number of hydrogen-bond donors (Lipinski definition) is 1. The van der Waals surface area contributed by atoms with Gasteiger partial charge in [0, 0.05) is 11.6 Å². The van der Waals surface area contributed by atoms with Crippen LogP contribution in [0.2, 0.25) is 0 Å². The van der Waals surface area contributed by atoms with Gasteiger partial charge in [0.2, 0.25) is 0 Å². The molecule has 0 saturated heterocycles. The van der Waals surface area contributed by atoms with Gasteiger partial charge in [0.1, 0.15) is 5.82 Å². The summed E-state index contributed by atoms with van der Waals surface area (Å²) < 4.78 is 41.0. The molecule has 1 unspecified atom stereocenters. The molecule has 0 bridgehead atoms. The van der Waals surface area contributed by atoms with Gasteiger partial charge in [0.15, 0.2) is 11.6 Å². The van der Waals surface area contributed by atoms with Crippen LogP contribution in [-0.4, -0.2) is 7.05 Å². The molecule has 0 aliphatic rings. The van der Waals surface area contributed by atoms with Gasteiger partial charge in [-0.05, 0) is 37.6 Å². The lowest BCUT2D eigenvalue weighted by Gasteiger charge is -2.18. The van der Waals surface area contributed by atoms with Crippen molar-refractivity contribution in [1.29, 1.82) is 0 Å². The van der Waals surface area contributed by atoms with E-state index in [1.165, 1.54) is 12.1 Å². The molecule has 2 aromatic rings. The van der Waals surface area contributed by atoms with Crippen molar-refractivity contribution in [3.8, 4) is 0 Å². The average Bonchev–Trinajstić information content (AvgIpc) is 2.44. The molecule has 0 aliphatic carbocycles.